The molecule has 2 rings (SSSR count). The van der Waals surface area contributed by atoms with E-state index in [4.69, 9.17) is 14.2 Å². The topological polar surface area (TPSA) is 39.7 Å². The van der Waals surface area contributed by atoms with Crippen LogP contribution in [0.3, 0.4) is 0 Å². The van der Waals surface area contributed by atoms with Crippen LogP contribution < -0.4 is 14.8 Å². The summed E-state index contributed by atoms with van der Waals surface area (Å²) in [5.41, 5.74) is 1.16. The highest BCUT2D eigenvalue weighted by Gasteiger charge is 2.19. The summed E-state index contributed by atoms with van der Waals surface area (Å²) in [4.78, 5) is 0. The molecule has 4 heteroatoms. The maximum atomic E-state index is 5.55. The van der Waals surface area contributed by atoms with E-state index in [1.807, 2.05) is 18.2 Å². The van der Waals surface area contributed by atoms with E-state index >= 15 is 0 Å². The minimum Gasteiger partial charge on any atom is -0.497 e. The molecule has 1 aromatic carbocycles. The van der Waals surface area contributed by atoms with Crippen LogP contribution in [0.5, 0.6) is 11.5 Å². The lowest BCUT2D eigenvalue weighted by Crippen LogP contribution is -2.37. The molecule has 0 amide bonds. The fourth-order valence-corrected chi connectivity index (χ4v) is 2.44. The van der Waals surface area contributed by atoms with Gasteiger partial charge in [-0.25, -0.2) is 0 Å². The van der Waals surface area contributed by atoms with Crippen LogP contribution in [-0.2, 0) is 11.3 Å². The maximum absolute atomic E-state index is 5.55. The summed E-state index contributed by atoms with van der Waals surface area (Å²) >= 11 is 0. The second-order valence-electron chi connectivity index (χ2n) is 4.96. The summed E-state index contributed by atoms with van der Waals surface area (Å²) in [5, 5.41) is 3.58. The average molecular weight is 265 g/mol. The van der Waals surface area contributed by atoms with E-state index in [0.29, 0.717) is 12.1 Å². The number of ether oxygens (including phenoxy) is 3. The summed E-state index contributed by atoms with van der Waals surface area (Å²) in [5.74, 6) is 1.69. The van der Waals surface area contributed by atoms with Gasteiger partial charge in [0.25, 0.3) is 0 Å². The van der Waals surface area contributed by atoms with E-state index < -0.39 is 0 Å². The Labute approximate surface area is 115 Å². The van der Waals surface area contributed by atoms with Crippen LogP contribution in [0, 0.1) is 0 Å². The number of hydrogen-bond acceptors (Lipinski definition) is 4. The normalized spacial score (nSPS) is 23.1. The first-order chi connectivity index (χ1) is 9.22. The zero-order chi connectivity index (χ0) is 13.7. The molecule has 1 aliphatic heterocycles. The van der Waals surface area contributed by atoms with E-state index in [0.717, 1.165) is 43.1 Å². The van der Waals surface area contributed by atoms with Gasteiger partial charge in [0.1, 0.15) is 11.5 Å². The molecule has 0 spiro atoms. The van der Waals surface area contributed by atoms with Crippen LogP contribution >= 0.6 is 0 Å². The predicted molar refractivity (Wildman–Crippen MR) is 74.8 cm³/mol. The van der Waals surface area contributed by atoms with Crippen molar-refractivity contribution in [3.63, 3.8) is 0 Å². The molecular weight excluding hydrogens is 242 g/mol. The Kier molecular flexibility index (Phi) is 5.05. The van der Waals surface area contributed by atoms with Crippen molar-refractivity contribution < 1.29 is 14.2 Å². The molecule has 0 aromatic heterocycles. The average Bonchev–Trinajstić information content (AvgIpc) is 2.45. The van der Waals surface area contributed by atoms with Gasteiger partial charge in [-0.15, -0.1) is 0 Å². The Morgan fingerprint density at radius 2 is 2.16 bits per heavy atom. The molecule has 0 unspecified atom stereocenters. The molecule has 1 heterocycles. The van der Waals surface area contributed by atoms with Gasteiger partial charge < -0.3 is 19.5 Å². The smallest absolute Gasteiger partial charge is 0.127 e. The minimum absolute atomic E-state index is 0.351. The van der Waals surface area contributed by atoms with Gasteiger partial charge >= 0.3 is 0 Å². The van der Waals surface area contributed by atoms with Crippen molar-refractivity contribution in [1.82, 2.24) is 5.32 Å². The molecule has 106 valence electrons. The molecule has 2 atom stereocenters. The third kappa shape index (κ3) is 3.85. The van der Waals surface area contributed by atoms with Crippen LogP contribution in [0.15, 0.2) is 18.2 Å². The molecular formula is C15H23NO3. The second-order valence-corrected chi connectivity index (χ2v) is 4.96. The highest BCUT2D eigenvalue weighted by Crippen LogP contribution is 2.25. The first kappa shape index (κ1) is 14.2. The highest BCUT2D eigenvalue weighted by molar-refractivity contribution is 5.40. The van der Waals surface area contributed by atoms with E-state index in [9.17, 15) is 0 Å². The summed E-state index contributed by atoms with van der Waals surface area (Å²) in [7, 11) is 3.35. The molecule has 0 aliphatic carbocycles. The third-order valence-electron chi connectivity index (χ3n) is 3.56. The fourth-order valence-electron chi connectivity index (χ4n) is 2.44. The third-order valence-corrected chi connectivity index (χ3v) is 3.56. The zero-order valence-electron chi connectivity index (χ0n) is 11.9. The Morgan fingerprint density at radius 3 is 2.84 bits per heavy atom. The number of benzene rings is 1. The Bertz CT molecular complexity index is 408. The van der Waals surface area contributed by atoms with Gasteiger partial charge in [0.15, 0.2) is 0 Å². The van der Waals surface area contributed by atoms with Gasteiger partial charge in [0.05, 0.1) is 20.3 Å². The minimum atomic E-state index is 0.351. The molecule has 0 bridgehead atoms. The number of methoxy groups -OCH3 is 2. The predicted octanol–water partition coefficient (Wildman–Crippen LogP) is 2.36. The molecule has 1 aromatic rings. The molecule has 19 heavy (non-hydrogen) atoms. The van der Waals surface area contributed by atoms with Crippen molar-refractivity contribution in [2.75, 3.05) is 20.8 Å². The van der Waals surface area contributed by atoms with Gasteiger partial charge in [-0.1, -0.05) is 6.07 Å². The quantitative estimate of drug-likeness (QED) is 0.887. The van der Waals surface area contributed by atoms with Gasteiger partial charge in [0.2, 0.25) is 0 Å². The van der Waals surface area contributed by atoms with Crippen molar-refractivity contribution in [3.8, 4) is 11.5 Å². The Morgan fingerprint density at radius 1 is 1.32 bits per heavy atom. The van der Waals surface area contributed by atoms with E-state index in [1.165, 1.54) is 0 Å². The van der Waals surface area contributed by atoms with Gasteiger partial charge in [0, 0.05) is 30.8 Å². The van der Waals surface area contributed by atoms with Crippen LogP contribution in [0.2, 0.25) is 0 Å². The van der Waals surface area contributed by atoms with Crippen LogP contribution in [-0.4, -0.2) is 33.0 Å². The Hall–Kier alpha value is -1.26. The Balaban J connectivity index is 1.95. The van der Waals surface area contributed by atoms with Crippen molar-refractivity contribution in [2.24, 2.45) is 0 Å². The van der Waals surface area contributed by atoms with Crippen molar-refractivity contribution in [2.45, 2.75) is 38.5 Å². The lowest BCUT2D eigenvalue weighted by Gasteiger charge is -2.28. The summed E-state index contributed by atoms with van der Waals surface area (Å²) in [6, 6.07) is 6.46. The van der Waals surface area contributed by atoms with E-state index in [-0.39, 0.29) is 0 Å². The van der Waals surface area contributed by atoms with Gasteiger partial charge in [-0.3, -0.25) is 0 Å². The molecule has 1 fully saturated rings. The highest BCUT2D eigenvalue weighted by atomic mass is 16.5. The second kappa shape index (κ2) is 6.78. The van der Waals surface area contributed by atoms with Crippen molar-refractivity contribution in [1.29, 1.82) is 0 Å². The number of hydrogen-bond donors (Lipinski definition) is 1. The summed E-state index contributed by atoms with van der Waals surface area (Å²) in [6.07, 6.45) is 2.49. The standard InChI is InChI=1S/C15H23NO3/c1-11-8-13(6-7-19-11)16-10-12-4-5-14(17-2)9-15(12)18-3/h4-5,9,11,13,16H,6-8,10H2,1-3H3/t11-,13+/m1/s1. The first-order valence-electron chi connectivity index (χ1n) is 6.79. The van der Waals surface area contributed by atoms with E-state index in [2.05, 4.69) is 12.2 Å². The maximum Gasteiger partial charge on any atom is 0.127 e. The largest absolute Gasteiger partial charge is 0.497 e. The number of rotatable bonds is 5. The summed E-state index contributed by atoms with van der Waals surface area (Å²) < 4.78 is 16.2. The monoisotopic (exact) mass is 265 g/mol. The van der Waals surface area contributed by atoms with Crippen LogP contribution in [0.1, 0.15) is 25.3 Å². The lowest BCUT2D eigenvalue weighted by molar-refractivity contribution is 0.0130. The van der Waals surface area contributed by atoms with Crippen LogP contribution in [0.4, 0.5) is 0 Å². The molecule has 0 saturated carbocycles. The van der Waals surface area contributed by atoms with E-state index in [1.54, 1.807) is 14.2 Å². The van der Waals surface area contributed by atoms with Crippen molar-refractivity contribution in [3.05, 3.63) is 23.8 Å². The zero-order valence-corrected chi connectivity index (χ0v) is 11.9. The summed E-state index contributed by atoms with van der Waals surface area (Å²) in [6.45, 7) is 3.78. The van der Waals surface area contributed by atoms with Crippen LogP contribution in [0.25, 0.3) is 0 Å². The molecule has 1 N–H and O–H groups in total. The molecule has 0 radical (unpaired) electrons. The van der Waals surface area contributed by atoms with Crippen molar-refractivity contribution >= 4 is 0 Å². The molecule has 1 saturated heterocycles. The lowest BCUT2D eigenvalue weighted by atomic mass is 10.0. The fraction of sp³-hybridized carbons (Fsp3) is 0.600. The molecule has 1 aliphatic rings. The number of nitrogens with one attached hydrogen (secondary N) is 1. The SMILES string of the molecule is COc1ccc(CN[C@H]2CCO[C@H](C)C2)c(OC)c1. The van der Waals surface area contributed by atoms with Gasteiger partial charge in [-0.05, 0) is 25.8 Å². The first-order valence-corrected chi connectivity index (χ1v) is 6.79. The molecule has 4 nitrogen and oxygen atoms in total. The van der Waals surface area contributed by atoms with Gasteiger partial charge in [-0.2, -0.15) is 0 Å².